The minimum atomic E-state index is -0.650. The molecule has 0 radical (unpaired) electrons. The molecule has 2 aliphatic heterocycles. The van der Waals surface area contributed by atoms with Gasteiger partial charge in [-0.05, 0) is 51.0 Å². The van der Waals surface area contributed by atoms with Gasteiger partial charge in [-0.15, -0.1) is 0 Å². The first kappa shape index (κ1) is 12.8. The van der Waals surface area contributed by atoms with Gasteiger partial charge in [0.25, 0.3) is 0 Å². The zero-order valence-corrected chi connectivity index (χ0v) is 10.3. The Balaban J connectivity index is 1.82. The van der Waals surface area contributed by atoms with Crippen LogP contribution in [0.15, 0.2) is 0 Å². The molecule has 4 nitrogen and oxygen atoms in total. The molecular formula is C13H23NO3. The summed E-state index contributed by atoms with van der Waals surface area (Å²) < 4.78 is 0. The maximum absolute atomic E-state index is 10.8. The number of carboxylic acid groups (broad SMARTS) is 1. The first-order valence-electron chi connectivity index (χ1n) is 6.79. The Kier molecular flexibility index (Phi) is 4.40. The number of hydrogen-bond acceptors (Lipinski definition) is 3. The molecule has 0 aromatic rings. The number of fused-ring (bicyclic) bond motifs is 2. The third-order valence-corrected chi connectivity index (χ3v) is 4.27. The highest BCUT2D eigenvalue weighted by Gasteiger charge is 2.40. The number of carbonyl (C=O) groups is 1. The van der Waals surface area contributed by atoms with Crippen LogP contribution in [-0.4, -0.2) is 46.3 Å². The summed E-state index contributed by atoms with van der Waals surface area (Å²) in [5.41, 5.74) is 0. The summed E-state index contributed by atoms with van der Waals surface area (Å²) in [5.74, 6) is -0.262. The van der Waals surface area contributed by atoms with Crippen molar-refractivity contribution < 1.29 is 15.0 Å². The molecule has 2 unspecified atom stereocenters. The van der Waals surface area contributed by atoms with Crippen molar-refractivity contribution in [3.05, 3.63) is 0 Å². The van der Waals surface area contributed by atoms with Gasteiger partial charge >= 0.3 is 5.97 Å². The quantitative estimate of drug-likeness (QED) is 0.691. The average molecular weight is 241 g/mol. The topological polar surface area (TPSA) is 60.8 Å². The molecule has 0 aromatic heterocycles. The second-order valence-electron chi connectivity index (χ2n) is 5.49. The van der Waals surface area contributed by atoms with Gasteiger partial charge in [0.15, 0.2) is 0 Å². The van der Waals surface area contributed by atoms with Gasteiger partial charge in [-0.1, -0.05) is 0 Å². The van der Waals surface area contributed by atoms with Crippen LogP contribution in [0.2, 0.25) is 0 Å². The summed E-state index contributed by atoms with van der Waals surface area (Å²) >= 11 is 0. The van der Waals surface area contributed by atoms with E-state index in [1.165, 1.54) is 12.8 Å². The van der Waals surface area contributed by atoms with Crippen LogP contribution in [0.1, 0.15) is 44.9 Å². The summed E-state index contributed by atoms with van der Waals surface area (Å²) in [6.07, 6.45) is 6.88. The molecule has 0 saturated carbocycles. The van der Waals surface area contributed by atoms with Gasteiger partial charge in [0.1, 0.15) is 0 Å². The molecular weight excluding hydrogens is 218 g/mol. The summed E-state index contributed by atoms with van der Waals surface area (Å²) in [7, 11) is 0. The maximum Gasteiger partial charge on any atom is 0.303 e. The number of hydrogen-bond donors (Lipinski definition) is 2. The van der Waals surface area contributed by atoms with E-state index < -0.39 is 5.97 Å². The maximum atomic E-state index is 10.8. The van der Waals surface area contributed by atoms with E-state index in [-0.39, 0.29) is 6.61 Å². The third kappa shape index (κ3) is 3.19. The highest BCUT2D eigenvalue weighted by atomic mass is 16.4. The minimum absolute atomic E-state index is 0.283. The van der Waals surface area contributed by atoms with Crippen LogP contribution in [-0.2, 0) is 4.79 Å². The molecule has 2 aliphatic rings. The molecule has 0 aromatic carbocycles. The lowest BCUT2D eigenvalue weighted by Crippen LogP contribution is -2.43. The van der Waals surface area contributed by atoms with Crippen molar-refractivity contribution in [3.63, 3.8) is 0 Å². The molecule has 2 atom stereocenters. The standard InChI is InChI=1S/C13H23NO3/c15-6-2-1-5-14-11-3-4-12(14)8-10(7-11)9-13(16)17/h10-12,15H,1-9H2,(H,16,17). The van der Waals surface area contributed by atoms with Gasteiger partial charge in [-0.2, -0.15) is 0 Å². The second-order valence-corrected chi connectivity index (χ2v) is 5.49. The van der Waals surface area contributed by atoms with E-state index in [9.17, 15) is 4.79 Å². The number of aliphatic hydroxyl groups is 1. The van der Waals surface area contributed by atoms with E-state index in [0.717, 1.165) is 32.2 Å². The lowest BCUT2D eigenvalue weighted by atomic mass is 9.88. The molecule has 0 amide bonds. The molecule has 2 bridgehead atoms. The van der Waals surface area contributed by atoms with Crippen LogP contribution >= 0.6 is 0 Å². The molecule has 2 fully saturated rings. The summed E-state index contributed by atoms with van der Waals surface area (Å²) in [6.45, 7) is 1.36. The molecule has 0 spiro atoms. The van der Waals surface area contributed by atoms with Crippen LogP contribution in [0, 0.1) is 5.92 Å². The first-order chi connectivity index (χ1) is 8.20. The molecule has 0 aliphatic carbocycles. The lowest BCUT2D eigenvalue weighted by Gasteiger charge is -2.38. The summed E-state index contributed by atoms with van der Waals surface area (Å²) in [6, 6.07) is 1.22. The van der Waals surface area contributed by atoms with Crippen molar-refractivity contribution in [2.24, 2.45) is 5.92 Å². The monoisotopic (exact) mass is 241 g/mol. The number of aliphatic hydroxyl groups excluding tert-OH is 1. The molecule has 2 N–H and O–H groups in total. The van der Waals surface area contributed by atoms with E-state index in [1.54, 1.807) is 0 Å². The smallest absolute Gasteiger partial charge is 0.303 e. The van der Waals surface area contributed by atoms with E-state index in [4.69, 9.17) is 10.2 Å². The van der Waals surface area contributed by atoms with Crippen molar-refractivity contribution in [3.8, 4) is 0 Å². The SMILES string of the molecule is O=C(O)CC1CC2CCC(C1)N2CCCCO. The van der Waals surface area contributed by atoms with E-state index >= 15 is 0 Å². The number of unbranched alkanes of at least 4 members (excludes halogenated alkanes) is 1. The molecule has 2 rings (SSSR count). The zero-order chi connectivity index (χ0) is 12.3. The van der Waals surface area contributed by atoms with Crippen LogP contribution in [0.4, 0.5) is 0 Å². The normalized spacial score (nSPS) is 32.9. The average Bonchev–Trinajstić information content (AvgIpc) is 2.51. The molecule has 2 heterocycles. The lowest BCUT2D eigenvalue weighted by molar-refractivity contribution is -0.138. The Morgan fingerprint density at radius 2 is 1.82 bits per heavy atom. The van der Waals surface area contributed by atoms with Gasteiger partial charge in [-0.25, -0.2) is 0 Å². The van der Waals surface area contributed by atoms with Gasteiger partial charge in [0.05, 0.1) is 0 Å². The minimum Gasteiger partial charge on any atom is -0.481 e. The molecule has 2 saturated heterocycles. The van der Waals surface area contributed by atoms with Crippen LogP contribution in [0.3, 0.4) is 0 Å². The van der Waals surface area contributed by atoms with E-state index in [2.05, 4.69) is 4.90 Å². The Hall–Kier alpha value is -0.610. The fourth-order valence-corrected chi connectivity index (χ4v) is 3.57. The van der Waals surface area contributed by atoms with Gasteiger partial charge in [-0.3, -0.25) is 9.69 Å². The van der Waals surface area contributed by atoms with Crippen molar-refractivity contribution in [2.75, 3.05) is 13.2 Å². The predicted octanol–water partition coefficient (Wildman–Crippen LogP) is 1.48. The van der Waals surface area contributed by atoms with Crippen molar-refractivity contribution in [2.45, 2.75) is 57.0 Å². The number of aliphatic carboxylic acids is 1. The molecule has 98 valence electrons. The fraction of sp³-hybridized carbons (Fsp3) is 0.923. The fourth-order valence-electron chi connectivity index (χ4n) is 3.57. The summed E-state index contributed by atoms with van der Waals surface area (Å²) in [4.78, 5) is 13.3. The third-order valence-electron chi connectivity index (χ3n) is 4.27. The van der Waals surface area contributed by atoms with Crippen molar-refractivity contribution in [1.82, 2.24) is 4.90 Å². The van der Waals surface area contributed by atoms with Crippen molar-refractivity contribution >= 4 is 5.97 Å². The number of nitrogens with zero attached hydrogens (tertiary/aromatic N) is 1. The van der Waals surface area contributed by atoms with E-state index in [0.29, 0.717) is 24.4 Å². The van der Waals surface area contributed by atoms with Gasteiger partial charge < -0.3 is 10.2 Å². The Bertz CT molecular complexity index is 255. The van der Waals surface area contributed by atoms with Gasteiger partial charge in [0, 0.05) is 25.1 Å². The molecule has 17 heavy (non-hydrogen) atoms. The highest BCUT2D eigenvalue weighted by Crippen LogP contribution is 2.39. The highest BCUT2D eigenvalue weighted by molar-refractivity contribution is 5.67. The van der Waals surface area contributed by atoms with Crippen molar-refractivity contribution in [1.29, 1.82) is 0 Å². The second kappa shape index (κ2) is 5.83. The summed E-state index contributed by atoms with van der Waals surface area (Å²) in [5, 5.41) is 17.7. The van der Waals surface area contributed by atoms with Crippen LogP contribution in [0.25, 0.3) is 0 Å². The number of carboxylic acids is 1. The van der Waals surface area contributed by atoms with Crippen LogP contribution < -0.4 is 0 Å². The Morgan fingerprint density at radius 3 is 2.35 bits per heavy atom. The number of rotatable bonds is 6. The Morgan fingerprint density at radius 1 is 1.18 bits per heavy atom. The van der Waals surface area contributed by atoms with E-state index in [1.807, 2.05) is 0 Å². The molecule has 4 heteroatoms. The Labute approximate surface area is 103 Å². The first-order valence-corrected chi connectivity index (χ1v) is 6.79. The largest absolute Gasteiger partial charge is 0.481 e. The number of piperidine rings is 1. The van der Waals surface area contributed by atoms with Gasteiger partial charge in [0.2, 0.25) is 0 Å². The van der Waals surface area contributed by atoms with Crippen LogP contribution in [0.5, 0.6) is 0 Å². The zero-order valence-electron chi connectivity index (χ0n) is 10.3. The predicted molar refractivity (Wildman–Crippen MR) is 64.8 cm³/mol.